The highest BCUT2D eigenvalue weighted by Gasteiger charge is 2.18. The van der Waals surface area contributed by atoms with E-state index in [-0.39, 0.29) is 28.4 Å². The van der Waals surface area contributed by atoms with Gasteiger partial charge in [0.05, 0.1) is 5.75 Å². The number of hydrogen-bond donors (Lipinski definition) is 1. The quantitative estimate of drug-likeness (QED) is 0.459. The molecule has 1 aromatic carbocycles. The Morgan fingerprint density at radius 3 is 2.56 bits per heavy atom. The second kappa shape index (κ2) is 8.01. The summed E-state index contributed by atoms with van der Waals surface area (Å²) in [5.41, 5.74) is -0.0435. The van der Waals surface area contributed by atoms with Gasteiger partial charge in [0.15, 0.2) is 21.8 Å². The van der Waals surface area contributed by atoms with E-state index in [0.717, 1.165) is 35.2 Å². The number of nitrogens with zero attached hydrogens (tertiary/aromatic N) is 2. The average molecular weight is 385 g/mol. The number of hydrogen-bond acceptors (Lipinski definition) is 6. The molecule has 0 saturated carbocycles. The Kier molecular flexibility index (Phi) is 6.23. The molecule has 1 aromatic heterocycles. The van der Waals surface area contributed by atoms with Crippen molar-refractivity contribution in [3.8, 4) is 0 Å². The number of aromatic nitrogens is 2. The van der Waals surface area contributed by atoms with Crippen LogP contribution in [0.4, 0.5) is 13.9 Å². The smallest absolute Gasteiger partial charge is 0.226 e. The normalized spacial score (nSPS) is 11.4. The largest absolute Gasteiger partial charge is 0.300 e. The van der Waals surface area contributed by atoms with Crippen molar-refractivity contribution in [3.05, 3.63) is 35.4 Å². The van der Waals surface area contributed by atoms with E-state index >= 15 is 0 Å². The molecule has 0 unspecified atom stereocenters. The van der Waals surface area contributed by atoms with Gasteiger partial charge in [0, 0.05) is 12.0 Å². The second-order valence-corrected chi connectivity index (χ2v) is 8.70. The minimum atomic E-state index is -1.06. The van der Waals surface area contributed by atoms with E-state index in [9.17, 15) is 18.4 Å². The van der Waals surface area contributed by atoms with Crippen molar-refractivity contribution < 1.29 is 18.4 Å². The number of benzene rings is 1. The molecule has 1 N–H and O–H groups in total. The van der Waals surface area contributed by atoms with Crippen molar-refractivity contribution in [2.75, 3.05) is 11.1 Å². The van der Waals surface area contributed by atoms with Crippen LogP contribution >= 0.6 is 23.1 Å². The van der Waals surface area contributed by atoms with Crippen LogP contribution in [0.5, 0.6) is 0 Å². The van der Waals surface area contributed by atoms with E-state index in [2.05, 4.69) is 15.5 Å². The molecule has 0 atom stereocenters. The van der Waals surface area contributed by atoms with Gasteiger partial charge < -0.3 is 5.32 Å². The van der Waals surface area contributed by atoms with Crippen molar-refractivity contribution in [2.24, 2.45) is 5.41 Å². The fraction of sp³-hybridized carbons (Fsp3) is 0.375. The predicted octanol–water partition coefficient (Wildman–Crippen LogP) is 4.17. The first kappa shape index (κ1) is 19.5. The summed E-state index contributed by atoms with van der Waals surface area (Å²) < 4.78 is 26.5. The van der Waals surface area contributed by atoms with Crippen molar-refractivity contribution in [3.63, 3.8) is 0 Å². The molecular formula is C16H17F2N3O2S2. The minimum Gasteiger partial charge on any atom is -0.300 e. The lowest BCUT2D eigenvalue weighted by Gasteiger charge is -2.16. The van der Waals surface area contributed by atoms with E-state index < -0.39 is 11.6 Å². The Labute approximate surface area is 152 Å². The molecule has 1 heterocycles. The summed E-state index contributed by atoms with van der Waals surface area (Å²) in [7, 11) is 0. The number of nitrogens with one attached hydrogen (secondary N) is 1. The van der Waals surface area contributed by atoms with Gasteiger partial charge in [0.2, 0.25) is 11.0 Å². The first-order chi connectivity index (χ1) is 11.6. The van der Waals surface area contributed by atoms with Crippen LogP contribution in [0.2, 0.25) is 0 Å². The third-order valence-corrected chi connectivity index (χ3v) is 4.88. The van der Waals surface area contributed by atoms with Crippen LogP contribution < -0.4 is 5.32 Å². The standard InChI is InChI=1S/C16H17F2N3O2S2/c1-16(2,3)7-13(23)19-14-20-21-15(25-14)24-8-12(22)9-4-5-10(17)11(18)6-9/h4-6H,7-8H2,1-3H3,(H,19,20,23). The molecular weight excluding hydrogens is 368 g/mol. The maximum Gasteiger partial charge on any atom is 0.226 e. The summed E-state index contributed by atoms with van der Waals surface area (Å²) >= 11 is 2.27. The van der Waals surface area contributed by atoms with Gasteiger partial charge in [-0.05, 0) is 23.6 Å². The molecule has 5 nitrogen and oxygen atoms in total. The summed E-state index contributed by atoms with van der Waals surface area (Å²) in [5.74, 6) is -2.55. The Balaban J connectivity index is 1.89. The molecule has 0 spiro atoms. The fourth-order valence-electron chi connectivity index (χ4n) is 1.84. The molecule has 0 fully saturated rings. The third-order valence-electron chi connectivity index (χ3n) is 2.91. The van der Waals surface area contributed by atoms with Crippen LogP contribution in [0.15, 0.2) is 22.5 Å². The summed E-state index contributed by atoms with van der Waals surface area (Å²) in [6.45, 7) is 5.87. The first-order valence-electron chi connectivity index (χ1n) is 7.38. The number of carbonyl (C=O) groups excluding carboxylic acids is 2. The third kappa shape index (κ3) is 6.17. The summed E-state index contributed by atoms with van der Waals surface area (Å²) in [6, 6.07) is 3.02. The van der Waals surface area contributed by atoms with Crippen molar-refractivity contribution in [2.45, 2.75) is 31.5 Å². The predicted molar refractivity (Wildman–Crippen MR) is 94.0 cm³/mol. The Bertz CT molecular complexity index is 788. The van der Waals surface area contributed by atoms with Crippen LogP contribution in [0.3, 0.4) is 0 Å². The summed E-state index contributed by atoms with van der Waals surface area (Å²) in [6.07, 6.45) is 0.351. The lowest BCUT2D eigenvalue weighted by atomic mass is 9.92. The zero-order valence-corrected chi connectivity index (χ0v) is 15.6. The van der Waals surface area contributed by atoms with Gasteiger partial charge in [-0.2, -0.15) is 0 Å². The van der Waals surface area contributed by atoms with Crippen LogP contribution in [0.1, 0.15) is 37.6 Å². The maximum absolute atomic E-state index is 13.2. The lowest BCUT2D eigenvalue weighted by molar-refractivity contribution is -0.117. The van der Waals surface area contributed by atoms with Crippen molar-refractivity contribution in [1.29, 1.82) is 0 Å². The monoisotopic (exact) mass is 385 g/mol. The number of rotatable bonds is 6. The van der Waals surface area contributed by atoms with E-state index in [1.165, 1.54) is 6.07 Å². The molecule has 0 bridgehead atoms. The van der Waals surface area contributed by atoms with Gasteiger partial charge >= 0.3 is 0 Å². The van der Waals surface area contributed by atoms with Gasteiger partial charge in [-0.1, -0.05) is 43.9 Å². The van der Waals surface area contributed by atoms with Gasteiger partial charge in [-0.25, -0.2) is 8.78 Å². The molecule has 0 radical (unpaired) electrons. The second-order valence-electron chi connectivity index (χ2n) is 6.50. The molecule has 0 aliphatic carbocycles. The van der Waals surface area contributed by atoms with Gasteiger partial charge in [0.25, 0.3) is 0 Å². The van der Waals surface area contributed by atoms with Crippen LogP contribution in [-0.4, -0.2) is 27.6 Å². The molecule has 0 aliphatic heterocycles. The molecule has 2 aromatic rings. The Morgan fingerprint density at radius 1 is 1.20 bits per heavy atom. The zero-order valence-electron chi connectivity index (χ0n) is 13.9. The summed E-state index contributed by atoms with van der Waals surface area (Å²) in [4.78, 5) is 23.8. The Morgan fingerprint density at radius 2 is 1.92 bits per heavy atom. The topological polar surface area (TPSA) is 72.0 Å². The molecule has 25 heavy (non-hydrogen) atoms. The Hall–Kier alpha value is -1.87. The molecule has 1 amide bonds. The zero-order chi connectivity index (χ0) is 18.6. The van der Waals surface area contributed by atoms with Gasteiger partial charge in [0.1, 0.15) is 0 Å². The number of thioether (sulfide) groups is 1. The van der Waals surface area contributed by atoms with E-state index in [4.69, 9.17) is 0 Å². The number of Topliss-reactive ketones (excluding diaryl/α,β-unsaturated/α-hetero) is 1. The highest BCUT2D eigenvalue weighted by molar-refractivity contribution is 8.01. The van der Waals surface area contributed by atoms with E-state index in [1.807, 2.05) is 20.8 Å². The highest BCUT2D eigenvalue weighted by atomic mass is 32.2. The number of anilines is 1. The maximum atomic E-state index is 13.2. The van der Waals surface area contributed by atoms with E-state index in [1.54, 1.807) is 0 Å². The van der Waals surface area contributed by atoms with Crippen molar-refractivity contribution in [1.82, 2.24) is 10.2 Å². The molecule has 9 heteroatoms. The SMILES string of the molecule is CC(C)(C)CC(=O)Nc1nnc(SCC(=O)c2ccc(F)c(F)c2)s1. The molecule has 2 rings (SSSR count). The molecule has 0 saturated heterocycles. The van der Waals surface area contributed by atoms with Crippen LogP contribution in [0, 0.1) is 17.0 Å². The number of amides is 1. The first-order valence-corrected chi connectivity index (χ1v) is 9.19. The van der Waals surface area contributed by atoms with Crippen LogP contribution in [0.25, 0.3) is 0 Å². The van der Waals surface area contributed by atoms with Crippen LogP contribution in [-0.2, 0) is 4.79 Å². The van der Waals surface area contributed by atoms with Gasteiger partial charge in [-0.3, -0.25) is 9.59 Å². The van der Waals surface area contributed by atoms with E-state index in [0.29, 0.717) is 15.9 Å². The fourth-order valence-corrected chi connectivity index (χ4v) is 3.51. The van der Waals surface area contributed by atoms with Crippen molar-refractivity contribution >= 4 is 39.9 Å². The molecule has 134 valence electrons. The highest BCUT2D eigenvalue weighted by Crippen LogP contribution is 2.27. The average Bonchev–Trinajstić information content (AvgIpc) is 2.93. The van der Waals surface area contributed by atoms with Gasteiger partial charge in [-0.15, -0.1) is 10.2 Å². The number of halogens is 2. The minimum absolute atomic E-state index is 0.00957. The number of carbonyl (C=O) groups is 2. The summed E-state index contributed by atoms with van der Waals surface area (Å²) in [5, 5.41) is 10.8. The number of ketones is 1. The lowest BCUT2D eigenvalue weighted by Crippen LogP contribution is -2.19. The molecule has 0 aliphatic rings.